The van der Waals surface area contributed by atoms with Crippen molar-refractivity contribution in [3.8, 4) is 0 Å². The Morgan fingerprint density at radius 2 is 2.14 bits per heavy atom. The van der Waals surface area contributed by atoms with Crippen LogP contribution in [0.3, 0.4) is 0 Å². The molecule has 3 nitrogen and oxygen atoms in total. The number of benzene rings is 1. The lowest BCUT2D eigenvalue weighted by Crippen LogP contribution is -2.11. The molecule has 0 aromatic heterocycles. The molecule has 0 unspecified atom stereocenters. The van der Waals surface area contributed by atoms with Crippen LogP contribution in [0.1, 0.15) is 23.1 Å². The number of carbonyl (C=O) groups is 1. The quantitative estimate of drug-likeness (QED) is 0.737. The molecule has 3 heteroatoms. The van der Waals surface area contributed by atoms with Crippen LogP contribution in [0.5, 0.6) is 0 Å². The lowest BCUT2D eigenvalue weighted by molar-refractivity contribution is -0.117. The van der Waals surface area contributed by atoms with Crippen LogP contribution in [-0.2, 0) is 24.3 Å². The van der Waals surface area contributed by atoms with E-state index < -0.39 is 0 Å². The van der Waals surface area contributed by atoms with Gasteiger partial charge in [-0.2, -0.15) is 0 Å². The average molecular weight is 190 g/mol. The summed E-state index contributed by atoms with van der Waals surface area (Å²) in [5.41, 5.74) is 9.02. The van der Waals surface area contributed by atoms with Gasteiger partial charge < -0.3 is 11.1 Å². The third-order valence-electron chi connectivity index (χ3n) is 2.56. The predicted octanol–water partition coefficient (Wildman–Crippen LogP) is 0.708. The molecule has 0 atom stereocenters. The summed E-state index contributed by atoms with van der Waals surface area (Å²) in [5.74, 6) is -0.233. The summed E-state index contributed by atoms with van der Waals surface area (Å²) in [4.78, 5) is 10.6. The minimum absolute atomic E-state index is 0.233. The van der Waals surface area contributed by atoms with Gasteiger partial charge >= 0.3 is 0 Å². The Balaban J connectivity index is 2.09. The predicted molar refractivity (Wildman–Crippen MR) is 54.5 cm³/mol. The zero-order valence-corrected chi connectivity index (χ0v) is 8.05. The molecule has 14 heavy (non-hydrogen) atoms. The molecule has 0 fully saturated rings. The van der Waals surface area contributed by atoms with E-state index in [9.17, 15) is 4.79 Å². The second kappa shape index (κ2) is 3.80. The molecule has 2 rings (SSSR count). The van der Waals surface area contributed by atoms with Gasteiger partial charge in [0.1, 0.15) is 0 Å². The molecule has 1 aromatic carbocycles. The summed E-state index contributed by atoms with van der Waals surface area (Å²) in [5, 5.41) is 3.29. The van der Waals surface area contributed by atoms with E-state index in [0.29, 0.717) is 6.42 Å². The van der Waals surface area contributed by atoms with Gasteiger partial charge in [0.15, 0.2) is 0 Å². The van der Waals surface area contributed by atoms with E-state index in [1.54, 1.807) is 0 Å². The average Bonchev–Trinajstić information content (AvgIpc) is 2.61. The number of amides is 1. The van der Waals surface area contributed by atoms with Crippen molar-refractivity contribution in [3.05, 3.63) is 34.9 Å². The molecule has 0 radical (unpaired) electrons. The summed E-state index contributed by atoms with van der Waals surface area (Å²) >= 11 is 0. The first-order valence-electron chi connectivity index (χ1n) is 4.85. The maximum Gasteiger partial charge on any atom is 0.217 e. The first kappa shape index (κ1) is 9.21. The third-order valence-corrected chi connectivity index (χ3v) is 2.56. The van der Waals surface area contributed by atoms with Gasteiger partial charge in [-0.25, -0.2) is 0 Å². The Hall–Kier alpha value is -1.35. The van der Waals surface area contributed by atoms with Crippen molar-refractivity contribution >= 4 is 5.91 Å². The van der Waals surface area contributed by atoms with Crippen LogP contribution < -0.4 is 11.1 Å². The van der Waals surface area contributed by atoms with Gasteiger partial charge in [0, 0.05) is 19.5 Å². The molecular formula is C11H14N2O. The summed E-state index contributed by atoms with van der Waals surface area (Å²) in [6.07, 6.45) is 1.19. The fraction of sp³-hybridized carbons (Fsp3) is 0.364. The molecular weight excluding hydrogens is 176 g/mol. The topological polar surface area (TPSA) is 55.1 Å². The molecule has 0 saturated heterocycles. The molecule has 3 N–H and O–H groups in total. The lowest BCUT2D eigenvalue weighted by atomic mass is 10.0. The third kappa shape index (κ3) is 1.93. The number of primary amides is 1. The number of hydrogen-bond acceptors (Lipinski definition) is 2. The van der Waals surface area contributed by atoms with Crippen molar-refractivity contribution in [1.82, 2.24) is 5.32 Å². The van der Waals surface area contributed by atoms with Gasteiger partial charge in [0.2, 0.25) is 5.91 Å². The van der Waals surface area contributed by atoms with Crippen LogP contribution in [0, 0.1) is 0 Å². The van der Waals surface area contributed by atoms with Gasteiger partial charge in [0.05, 0.1) is 0 Å². The number of aryl methyl sites for hydroxylation is 1. The monoisotopic (exact) mass is 190 g/mol. The number of carbonyl (C=O) groups excluding carboxylic acids is 1. The summed E-state index contributed by atoms with van der Waals surface area (Å²) < 4.78 is 0. The van der Waals surface area contributed by atoms with E-state index >= 15 is 0 Å². The lowest BCUT2D eigenvalue weighted by Gasteiger charge is -2.02. The molecule has 1 heterocycles. The van der Waals surface area contributed by atoms with Crippen LogP contribution in [0.15, 0.2) is 18.2 Å². The van der Waals surface area contributed by atoms with E-state index in [1.165, 1.54) is 16.7 Å². The van der Waals surface area contributed by atoms with Crippen molar-refractivity contribution in [2.45, 2.75) is 25.9 Å². The molecule has 1 aliphatic heterocycles. The molecule has 0 aliphatic carbocycles. The largest absolute Gasteiger partial charge is 0.370 e. The second-order valence-electron chi connectivity index (χ2n) is 3.67. The summed E-state index contributed by atoms with van der Waals surface area (Å²) in [6.45, 7) is 1.91. The maximum absolute atomic E-state index is 10.6. The Kier molecular flexibility index (Phi) is 2.50. The van der Waals surface area contributed by atoms with Crippen molar-refractivity contribution in [1.29, 1.82) is 0 Å². The highest BCUT2D eigenvalue weighted by molar-refractivity contribution is 5.74. The molecule has 1 aliphatic rings. The molecule has 74 valence electrons. The molecule has 1 amide bonds. The van der Waals surface area contributed by atoms with Crippen LogP contribution in [-0.4, -0.2) is 5.91 Å². The van der Waals surface area contributed by atoms with Crippen LogP contribution in [0.4, 0.5) is 0 Å². The molecule has 0 saturated carbocycles. The van der Waals surface area contributed by atoms with E-state index in [0.717, 1.165) is 19.5 Å². The summed E-state index contributed by atoms with van der Waals surface area (Å²) in [7, 11) is 0. The van der Waals surface area contributed by atoms with E-state index in [4.69, 9.17) is 5.73 Å². The van der Waals surface area contributed by atoms with Gasteiger partial charge in [-0.15, -0.1) is 0 Å². The Labute approximate surface area is 83.3 Å². The number of hydrogen-bond donors (Lipinski definition) is 2. The fourth-order valence-electron chi connectivity index (χ4n) is 1.77. The highest BCUT2D eigenvalue weighted by atomic mass is 16.1. The van der Waals surface area contributed by atoms with Gasteiger partial charge in [-0.05, 0) is 23.1 Å². The normalized spacial score (nSPS) is 14.0. The van der Waals surface area contributed by atoms with Crippen LogP contribution in [0.2, 0.25) is 0 Å². The van der Waals surface area contributed by atoms with Crippen LogP contribution >= 0.6 is 0 Å². The Morgan fingerprint density at radius 3 is 2.93 bits per heavy atom. The van der Waals surface area contributed by atoms with E-state index in [-0.39, 0.29) is 5.91 Å². The van der Waals surface area contributed by atoms with Crippen molar-refractivity contribution in [2.75, 3.05) is 0 Å². The molecule has 0 spiro atoms. The first-order valence-corrected chi connectivity index (χ1v) is 4.85. The van der Waals surface area contributed by atoms with Crippen molar-refractivity contribution in [2.24, 2.45) is 5.73 Å². The van der Waals surface area contributed by atoms with Gasteiger partial charge in [-0.1, -0.05) is 18.2 Å². The van der Waals surface area contributed by atoms with E-state index in [2.05, 4.69) is 23.5 Å². The Bertz CT molecular complexity index is 360. The smallest absolute Gasteiger partial charge is 0.217 e. The standard InChI is InChI=1S/C11H14N2O/c12-11(14)4-2-8-1-3-9-6-13-7-10(9)5-8/h1,3,5,13H,2,4,6-7H2,(H2,12,14). The van der Waals surface area contributed by atoms with Gasteiger partial charge in [0.25, 0.3) is 0 Å². The number of rotatable bonds is 3. The first-order chi connectivity index (χ1) is 6.75. The summed E-state index contributed by atoms with van der Waals surface area (Å²) in [6, 6.07) is 6.37. The number of fused-ring (bicyclic) bond motifs is 1. The van der Waals surface area contributed by atoms with Crippen LogP contribution in [0.25, 0.3) is 0 Å². The number of nitrogens with one attached hydrogen (secondary N) is 1. The molecule has 0 bridgehead atoms. The minimum atomic E-state index is -0.233. The second-order valence-corrected chi connectivity index (χ2v) is 3.67. The maximum atomic E-state index is 10.6. The molecule has 1 aromatic rings. The Morgan fingerprint density at radius 1 is 1.36 bits per heavy atom. The SMILES string of the molecule is NC(=O)CCc1ccc2c(c1)CNC2. The minimum Gasteiger partial charge on any atom is -0.370 e. The van der Waals surface area contributed by atoms with Crippen molar-refractivity contribution in [3.63, 3.8) is 0 Å². The van der Waals surface area contributed by atoms with Crippen molar-refractivity contribution < 1.29 is 4.79 Å². The zero-order chi connectivity index (χ0) is 9.97. The zero-order valence-electron chi connectivity index (χ0n) is 8.05. The van der Waals surface area contributed by atoms with E-state index in [1.807, 2.05) is 0 Å². The highest BCUT2D eigenvalue weighted by Gasteiger charge is 2.09. The van der Waals surface area contributed by atoms with Gasteiger partial charge in [-0.3, -0.25) is 4.79 Å². The highest BCUT2D eigenvalue weighted by Crippen LogP contribution is 2.17. The number of nitrogens with two attached hydrogens (primary N) is 1. The fourth-order valence-corrected chi connectivity index (χ4v) is 1.77.